The molecule has 2 unspecified atom stereocenters. The lowest BCUT2D eigenvalue weighted by molar-refractivity contribution is -0.0773. The van der Waals surface area contributed by atoms with Gasteiger partial charge in [0.2, 0.25) is 0 Å². The number of rotatable bonds is 3. The minimum atomic E-state index is 0.336. The normalized spacial score (nSPS) is 34.1. The smallest absolute Gasteiger partial charge is 0.0728 e. The fourth-order valence-corrected chi connectivity index (χ4v) is 3.36. The highest BCUT2D eigenvalue weighted by Crippen LogP contribution is 2.33. The molecule has 1 heterocycles. The van der Waals surface area contributed by atoms with Gasteiger partial charge in [-0.3, -0.25) is 0 Å². The molecule has 1 saturated carbocycles. The van der Waals surface area contributed by atoms with Crippen molar-refractivity contribution in [2.24, 2.45) is 0 Å². The lowest BCUT2D eigenvalue weighted by Gasteiger charge is -2.48. The van der Waals surface area contributed by atoms with E-state index < -0.39 is 0 Å². The van der Waals surface area contributed by atoms with Crippen LogP contribution in [0, 0.1) is 0 Å². The van der Waals surface area contributed by atoms with Crippen LogP contribution < -0.4 is 5.32 Å². The second-order valence-electron chi connectivity index (χ2n) is 5.64. The van der Waals surface area contributed by atoms with Gasteiger partial charge in [0.05, 0.1) is 12.7 Å². The summed E-state index contributed by atoms with van der Waals surface area (Å²) >= 11 is 0. The molecule has 94 valence electrons. The molecule has 1 aliphatic carbocycles. The zero-order valence-corrected chi connectivity index (χ0v) is 10.9. The first-order valence-corrected chi connectivity index (χ1v) is 7.19. The molecule has 0 aromatic heterocycles. The summed E-state index contributed by atoms with van der Waals surface area (Å²) in [5.41, 5.74) is 0.336. The summed E-state index contributed by atoms with van der Waals surface area (Å²) in [5, 5.41) is 3.93. The molecule has 0 aromatic rings. The maximum absolute atomic E-state index is 6.15. The van der Waals surface area contributed by atoms with Crippen LogP contribution >= 0.6 is 0 Å². The molecule has 1 saturated heterocycles. The van der Waals surface area contributed by atoms with Gasteiger partial charge in [-0.25, -0.2) is 0 Å². The predicted octanol–water partition coefficient (Wildman–Crippen LogP) is 3.26. The monoisotopic (exact) mass is 225 g/mol. The van der Waals surface area contributed by atoms with E-state index in [9.17, 15) is 0 Å². The molecule has 0 radical (unpaired) electrons. The van der Waals surface area contributed by atoms with Crippen LogP contribution in [0.3, 0.4) is 0 Å². The van der Waals surface area contributed by atoms with E-state index in [4.69, 9.17) is 4.74 Å². The minimum absolute atomic E-state index is 0.336. The van der Waals surface area contributed by atoms with Crippen LogP contribution in [-0.4, -0.2) is 24.3 Å². The third-order valence-electron chi connectivity index (χ3n) is 4.34. The summed E-state index contributed by atoms with van der Waals surface area (Å²) in [6.07, 6.45) is 10.9. The highest BCUT2D eigenvalue weighted by Gasteiger charge is 2.40. The van der Waals surface area contributed by atoms with Crippen molar-refractivity contribution in [1.29, 1.82) is 0 Å². The third kappa shape index (κ3) is 2.60. The molecule has 2 aliphatic rings. The largest absolute Gasteiger partial charge is 0.375 e. The first-order chi connectivity index (χ1) is 7.79. The number of nitrogens with one attached hydrogen (secondary N) is 1. The molecule has 2 heteroatoms. The van der Waals surface area contributed by atoms with Crippen LogP contribution in [0.4, 0.5) is 0 Å². The first-order valence-electron chi connectivity index (χ1n) is 7.19. The van der Waals surface area contributed by atoms with Crippen LogP contribution in [-0.2, 0) is 4.74 Å². The van der Waals surface area contributed by atoms with Gasteiger partial charge in [-0.05, 0) is 25.7 Å². The zero-order valence-electron chi connectivity index (χ0n) is 10.9. The predicted molar refractivity (Wildman–Crippen MR) is 67.7 cm³/mol. The molecule has 16 heavy (non-hydrogen) atoms. The number of morpholine rings is 1. The molecule has 1 spiro atoms. The van der Waals surface area contributed by atoms with Gasteiger partial charge in [0, 0.05) is 11.6 Å². The molecular weight excluding hydrogens is 198 g/mol. The molecule has 2 fully saturated rings. The number of hydrogen-bond donors (Lipinski definition) is 1. The van der Waals surface area contributed by atoms with Crippen molar-refractivity contribution in [3.05, 3.63) is 0 Å². The minimum Gasteiger partial charge on any atom is -0.375 e. The summed E-state index contributed by atoms with van der Waals surface area (Å²) < 4.78 is 6.15. The van der Waals surface area contributed by atoms with Gasteiger partial charge in [0.25, 0.3) is 0 Å². The Bertz CT molecular complexity index is 211. The van der Waals surface area contributed by atoms with E-state index in [0.29, 0.717) is 17.7 Å². The molecule has 0 bridgehead atoms. The van der Waals surface area contributed by atoms with E-state index in [1.165, 1.54) is 51.4 Å². The maximum Gasteiger partial charge on any atom is 0.0728 e. The van der Waals surface area contributed by atoms with Crippen molar-refractivity contribution in [3.63, 3.8) is 0 Å². The molecular formula is C14H27NO. The van der Waals surface area contributed by atoms with Gasteiger partial charge >= 0.3 is 0 Å². The molecule has 0 aromatic carbocycles. The Hall–Kier alpha value is -0.0800. The van der Waals surface area contributed by atoms with E-state index in [2.05, 4.69) is 19.2 Å². The Morgan fingerprint density at radius 3 is 2.56 bits per heavy atom. The number of ether oxygens (including phenoxy) is 1. The van der Waals surface area contributed by atoms with Crippen molar-refractivity contribution >= 4 is 0 Å². The fraction of sp³-hybridized carbons (Fsp3) is 1.00. The average Bonchev–Trinajstić information content (AvgIpc) is 2.33. The van der Waals surface area contributed by atoms with E-state index in [0.717, 1.165) is 6.61 Å². The van der Waals surface area contributed by atoms with Gasteiger partial charge in [0.15, 0.2) is 0 Å². The van der Waals surface area contributed by atoms with Crippen molar-refractivity contribution < 1.29 is 4.74 Å². The van der Waals surface area contributed by atoms with Crippen molar-refractivity contribution in [2.75, 3.05) is 6.61 Å². The lowest BCUT2D eigenvalue weighted by Crippen LogP contribution is -2.62. The Kier molecular flexibility index (Phi) is 4.26. The first kappa shape index (κ1) is 12.4. The van der Waals surface area contributed by atoms with Gasteiger partial charge < -0.3 is 10.1 Å². The van der Waals surface area contributed by atoms with Gasteiger partial charge in [-0.15, -0.1) is 0 Å². The fourth-order valence-electron chi connectivity index (χ4n) is 3.36. The van der Waals surface area contributed by atoms with Crippen molar-refractivity contribution in [2.45, 2.75) is 82.9 Å². The van der Waals surface area contributed by atoms with Crippen LogP contribution in [0.1, 0.15) is 65.2 Å². The molecule has 1 N–H and O–H groups in total. The quantitative estimate of drug-likeness (QED) is 0.796. The molecule has 2 nitrogen and oxygen atoms in total. The van der Waals surface area contributed by atoms with Crippen molar-refractivity contribution in [3.8, 4) is 0 Å². The second-order valence-corrected chi connectivity index (χ2v) is 5.64. The van der Waals surface area contributed by atoms with E-state index >= 15 is 0 Å². The Morgan fingerprint density at radius 1 is 1.19 bits per heavy atom. The molecule has 2 atom stereocenters. The van der Waals surface area contributed by atoms with Gasteiger partial charge in [-0.2, -0.15) is 0 Å². The van der Waals surface area contributed by atoms with Gasteiger partial charge in [0.1, 0.15) is 0 Å². The van der Waals surface area contributed by atoms with Gasteiger partial charge in [-0.1, -0.05) is 39.5 Å². The Morgan fingerprint density at radius 2 is 1.94 bits per heavy atom. The van der Waals surface area contributed by atoms with Crippen LogP contribution in [0.15, 0.2) is 0 Å². The summed E-state index contributed by atoms with van der Waals surface area (Å²) in [4.78, 5) is 0. The summed E-state index contributed by atoms with van der Waals surface area (Å²) in [6, 6.07) is 0.590. The SMILES string of the molecule is CCCC1OCC2(CCCCC2)NC1CC. The molecule has 1 aliphatic heterocycles. The summed E-state index contributed by atoms with van der Waals surface area (Å²) in [5.74, 6) is 0. The molecule has 2 rings (SSSR count). The highest BCUT2D eigenvalue weighted by atomic mass is 16.5. The average molecular weight is 225 g/mol. The van der Waals surface area contributed by atoms with Crippen LogP contribution in [0.25, 0.3) is 0 Å². The standard InChI is InChI=1S/C14H27NO/c1-3-8-13-12(4-2)15-14(11-16-13)9-6-5-7-10-14/h12-13,15H,3-11H2,1-2H3. The van der Waals surface area contributed by atoms with E-state index in [-0.39, 0.29) is 0 Å². The Balaban J connectivity index is 1.96. The van der Waals surface area contributed by atoms with E-state index in [1.54, 1.807) is 0 Å². The Labute approximate surface area is 100 Å². The maximum atomic E-state index is 6.15. The summed E-state index contributed by atoms with van der Waals surface area (Å²) in [7, 11) is 0. The zero-order chi connectivity index (χ0) is 11.4. The van der Waals surface area contributed by atoms with E-state index in [1.807, 2.05) is 0 Å². The lowest BCUT2D eigenvalue weighted by atomic mass is 9.79. The molecule has 0 amide bonds. The summed E-state index contributed by atoms with van der Waals surface area (Å²) in [6.45, 7) is 5.49. The van der Waals surface area contributed by atoms with Crippen LogP contribution in [0.2, 0.25) is 0 Å². The second kappa shape index (κ2) is 5.50. The van der Waals surface area contributed by atoms with Crippen molar-refractivity contribution in [1.82, 2.24) is 5.32 Å². The third-order valence-corrected chi connectivity index (χ3v) is 4.34. The topological polar surface area (TPSA) is 21.3 Å². The number of hydrogen-bond acceptors (Lipinski definition) is 2. The van der Waals surface area contributed by atoms with Crippen LogP contribution in [0.5, 0.6) is 0 Å². The highest BCUT2D eigenvalue weighted by molar-refractivity contribution is 4.98.